The van der Waals surface area contributed by atoms with E-state index in [9.17, 15) is 13.2 Å². The fourth-order valence-electron chi connectivity index (χ4n) is 3.60. The van der Waals surface area contributed by atoms with Gasteiger partial charge in [0.15, 0.2) is 6.10 Å². The molecule has 5 rings (SSSR count). The summed E-state index contributed by atoms with van der Waals surface area (Å²) in [5.74, 6) is -0.186. The number of sulfonamides is 1. The van der Waals surface area contributed by atoms with E-state index < -0.39 is 22.0 Å². The van der Waals surface area contributed by atoms with Crippen LogP contribution in [0.25, 0.3) is 10.6 Å². The number of benzene rings is 3. The lowest BCUT2D eigenvalue weighted by molar-refractivity contribution is -0.122. The zero-order chi connectivity index (χ0) is 23.7. The number of nitrogens with zero attached hydrogens (tertiary/aromatic N) is 3. The highest BCUT2D eigenvalue weighted by Crippen LogP contribution is 2.38. The molecule has 0 aliphatic carbocycles. The molecule has 1 N–H and O–H groups in total. The third kappa shape index (κ3) is 4.25. The van der Waals surface area contributed by atoms with Crippen LogP contribution in [-0.4, -0.2) is 37.2 Å². The number of hydrogen-bond acceptors (Lipinski definition) is 7. The van der Waals surface area contributed by atoms with Gasteiger partial charge in [0.2, 0.25) is 5.13 Å². The Balaban J connectivity index is 1.43. The highest BCUT2D eigenvalue weighted by atomic mass is 32.2. The Morgan fingerprint density at radius 1 is 1.03 bits per heavy atom. The van der Waals surface area contributed by atoms with Gasteiger partial charge in [-0.15, -0.1) is 10.2 Å². The van der Waals surface area contributed by atoms with Crippen LogP contribution in [0.15, 0.2) is 83.8 Å². The van der Waals surface area contributed by atoms with E-state index in [2.05, 4.69) is 15.5 Å². The molecular formula is C24H20N4O4S2. The Bertz CT molecular complexity index is 1440. The van der Waals surface area contributed by atoms with Crippen molar-refractivity contribution in [3.63, 3.8) is 0 Å². The Kier molecular flexibility index (Phi) is 5.76. The molecule has 4 aromatic rings. The molecule has 172 valence electrons. The third-order valence-electron chi connectivity index (χ3n) is 5.28. The summed E-state index contributed by atoms with van der Waals surface area (Å²) in [7, 11) is -3.92. The number of aryl methyl sites for hydroxylation is 1. The van der Waals surface area contributed by atoms with Crippen molar-refractivity contribution in [1.82, 2.24) is 10.2 Å². The molecular weight excluding hydrogens is 472 g/mol. The lowest BCUT2D eigenvalue weighted by Gasteiger charge is -2.34. The maximum Gasteiger partial charge on any atom is 0.269 e. The van der Waals surface area contributed by atoms with E-state index in [1.165, 1.54) is 27.8 Å². The van der Waals surface area contributed by atoms with Gasteiger partial charge in [-0.25, -0.2) is 8.42 Å². The van der Waals surface area contributed by atoms with Gasteiger partial charge in [-0.05, 0) is 36.8 Å². The molecule has 0 radical (unpaired) electrons. The van der Waals surface area contributed by atoms with Crippen LogP contribution in [0, 0.1) is 6.92 Å². The summed E-state index contributed by atoms with van der Waals surface area (Å²) < 4.78 is 34.1. The van der Waals surface area contributed by atoms with E-state index in [0.717, 1.165) is 11.1 Å². The number of hydrogen-bond donors (Lipinski definition) is 1. The first-order valence-corrected chi connectivity index (χ1v) is 12.7. The number of aromatic nitrogens is 2. The Morgan fingerprint density at radius 2 is 1.74 bits per heavy atom. The van der Waals surface area contributed by atoms with Crippen LogP contribution in [0.4, 0.5) is 10.8 Å². The highest BCUT2D eigenvalue weighted by Gasteiger charge is 2.38. The van der Waals surface area contributed by atoms with Gasteiger partial charge < -0.3 is 4.74 Å². The maximum absolute atomic E-state index is 13.5. The summed E-state index contributed by atoms with van der Waals surface area (Å²) in [5, 5.41) is 11.9. The van der Waals surface area contributed by atoms with Crippen molar-refractivity contribution in [2.75, 3.05) is 16.2 Å². The van der Waals surface area contributed by atoms with Crippen molar-refractivity contribution in [3.8, 4) is 16.3 Å². The normalized spacial score (nSPS) is 15.3. The van der Waals surface area contributed by atoms with Gasteiger partial charge in [0.25, 0.3) is 15.9 Å². The van der Waals surface area contributed by atoms with Gasteiger partial charge in [0.1, 0.15) is 10.8 Å². The minimum Gasteiger partial charge on any atom is -0.476 e. The Hall–Kier alpha value is -3.76. The van der Waals surface area contributed by atoms with E-state index in [1.54, 1.807) is 30.3 Å². The minimum atomic E-state index is -3.92. The predicted molar refractivity (Wildman–Crippen MR) is 131 cm³/mol. The molecule has 0 bridgehead atoms. The second-order valence-electron chi connectivity index (χ2n) is 7.69. The van der Waals surface area contributed by atoms with Gasteiger partial charge in [-0.2, -0.15) is 0 Å². The second-order valence-corrected chi connectivity index (χ2v) is 10.5. The lowest BCUT2D eigenvalue weighted by Crippen LogP contribution is -2.48. The summed E-state index contributed by atoms with van der Waals surface area (Å²) in [6.07, 6.45) is -1.07. The lowest BCUT2D eigenvalue weighted by atomic mass is 10.1. The number of nitrogens with one attached hydrogen (secondary N) is 1. The van der Waals surface area contributed by atoms with Crippen LogP contribution >= 0.6 is 11.3 Å². The van der Waals surface area contributed by atoms with Gasteiger partial charge in [-0.1, -0.05) is 65.9 Å². The maximum atomic E-state index is 13.5. The van der Waals surface area contributed by atoms with Crippen LogP contribution < -0.4 is 14.4 Å². The van der Waals surface area contributed by atoms with Crippen molar-refractivity contribution in [2.24, 2.45) is 0 Å². The van der Waals surface area contributed by atoms with E-state index in [1.807, 2.05) is 43.3 Å². The summed E-state index contributed by atoms with van der Waals surface area (Å²) in [5.41, 5.74) is 2.16. The molecule has 0 saturated heterocycles. The molecule has 34 heavy (non-hydrogen) atoms. The minimum absolute atomic E-state index is 0.139. The summed E-state index contributed by atoms with van der Waals surface area (Å²) in [6, 6.07) is 22.9. The monoisotopic (exact) mass is 492 g/mol. The molecule has 0 spiro atoms. The van der Waals surface area contributed by atoms with E-state index in [4.69, 9.17) is 4.74 Å². The number of rotatable bonds is 5. The molecule has 1 aliphatic heterocycles. The first-order chi connectivity index (χ1) is 16.4. The average molecular weight is 493 g/mol. The predicted octanol–water partition coefficient (Wildman–Crippen LogP) is 4.11. The smallest absolute Gasteiger partial charge is 0.269 e. The molecule has 0 fully saturated rings. The summed E-state index contributed by atoms with van der Waals surface area (Å²) in [6.45, 7) is 1.69. The molecule has 8 nitrogen and oxygen atoms in total. The number of carbonyl (C=O) groups excluding carboxylic acids is 1. The van der Waals surface area contributed by atoms with E-state index in [-0.39, 0.29) is 11.4 Å². The van der Waals surface area contributed by atoms with Gasteiger partial charge in [0, 0.05) is 5.56 Å². The largest absolute Gasteiger partial charge is 0.476 e. The highest BCUT2D eigenvalue weighted by molar-refractivity contribution is 7.92. The van der Waals surface area contributed by atoms with Crippen LogP contribution in [0.1, 0.15) is 5.56 Å². The first-order valence-electron chi connectivity index (χ1n) is 10.5. The van der Waals surface area contributed by atoms with E-state index >= 15 is 0 Å². The van der Waals surface area contributed by atoms with E-state index in [0.29, 0.717) is 21.6 Å². The van der Waals surface area contributed by atoms with Crippen molar-refractivity contribution < 1.29 is 17.9 Å². The molecule has 1 unspecified atom stereocenters. The van der Waals surface area contributed by atoms with Crippen molar-refractivity contribution in [2.45, 2.75) is 17.9 Å². The molecule has 2 heterocycles. The molecule has 10 heteroatoms. The standard InChI is InChI=1S/C24H20N4O4S2/c1-16-12-13-20-19(14-16)28(34(30,31)18-10-6-3-7-11-18)15-21(32-20)22(29)25-24-27-26-23(33-24)17-8-4-2-5-9-17/h2-14,21H,15H2,1H3,(H,25,27,29). The summed E-state index contributed by atoms with van der Waals surface area (Å²) in [4.78, 5) is 13.2. The topological polar surface area (TPSA) is 101 Å². The number of anilines is 2. The second kappa shape index (κ2) is 8.88. The summed E-state index contributed by atoms with van der Waals surface area (Å²) >= 11 is 1.23. The van der Waals surface area contributed by atoms with Crippen molar-refractivity contribution in [1.29, 1.82) is 0 Å². The molecule has 1 atom stereocenters. The zero-order valence-electron chi connectivity index (χ0n) is 18.1. The third-order valence-corrected chi connectivity index (χ3v) is 7.97. The molecule has 1 aromatic heterocycles. The number of ether oxygens (including phenoxy) is 1. The quantitative estimate of drug-likeness (QED) is 0.450. The van der Waals surface area contributed by atoms with Crippen molar-refractivity contribution in [3.05, 3.63) is 84.4 Å². The first kappa shape index (κ1) is 22.1. The van der Waals surface area contributed by atoms with Crippen LogP contribution in [0.5, 0.6) is 5.75 Å². The molecule has 1 amide bonds. The van der Waals surface area contributed by atoms with Gasteiger partial charge in [0.05, 0.1) is 17.1 Å². The number of carbonyl (C=O) groups is 1. The van der Waals surface area contributed by atoms with Gasteiger partial charge >= 0.3 is 0 Å². The zero-order valence-corrected chi connectivity index (χ0v) is 19.7. The number of fused-ring (bicyclic) bond motifs is 1. The van der Waals surface area contributed by atoms with Gasteiger partial charge in [-0.3, -0.25) is 14.4 Å². The average Bonchev–Trinajstić information content (AvgIpc) is 3.33. The molecule has 0 saturated carbocycles. The van der Waals surface area contributed by atoms with Crippen LogP contribution in [0.3, 0.4) is 0 Å². The van der Waals surface area contributed by atoms with Crippen LogP contribution in [-0.2, 0) is 14.8 Å². The van der Waals surface area contributed by atoms with Crippen LogP contribution in [0.2, 0.25) is 0 Å². The number of amides is 1. The Labute approximate surface area is 200 Å². The SMILES string of the molecule is Cc1ccc2c(c1)N(S(=O)(=O)c1ccccc1)CC(C(=O)Nc1nnc(-c3ccccc3)s1)O2. The molecule has 1 aliphatic rings. The fourth-order valence-corrected chi connectivity index (χ4v) is 5.84. The fraction of sp³-hybridized carbons (Fsp3) is 0.125. The molecule has 3 aromatic carbocycles. The Morgan fingerprint density at radius 3 is 2.47 bits per heavy atom. The van der Waals surface area contributed by atoms with Crippen molar-refractivity contribution >= 4 is 38.1 Å².